The van der Waals surface area contributed by atoms with Gasteiger partial charge in [-0.3, -0.25) is 4.79 Å². The summed E-state index contributed by atoms with van der Waals surface area (Å²) in [7, 11) is 0. The summed E-state index contributed by atoms with van der Waals surface area (Å²) in [4.78, 5) is 27.4. The summed E-state index contributed by atoms with van der Waals surface area (Å²) >= 11 is 0. The lowest BCUT2D eigenvalue weighted by atomic mass is 10.1. The van der Waals surface area contributed by atoms with Crippen LogP contribution in [0.15, 0.2) is 24.3 Å². The van der Waals surface area contributed by atoms with E-state index in [0.29, 0.717) is 17.7 Å². The van der Waals surface area contributed by atoms with Crippen molar-refractivity contribution in [3.8, 4) is 0 Å². The molecule has 0 aliphatic rings. The first-order valence-electron chi connectivity index (χ1n) is 12.2. The third-order valence-electron chi connectivity index (χ3n) is 5.43. The van der Waals surface area contributed by atoms with E-state index in [1.54, 1.807) is 18.2 Å². The van der Waals surface area contributed by atoms with Gasteiger partial charge >= 0.3 is 5.97 Å². The second-order valence-corrected chi connectivity index (χ2v) is 8.19. The van der Waals surface area contributed by atoms with Crippen molar-refractivity contribution >= 4 is 11.9 Å². The molecule has 0 fully saturated rings. The molecular weight excluding hydrogens is 374 g/mol. The van der Waals surface area contributed by atoms with Crippen LogP contribution in [0.25, 0.3) is 0 Å². The fourth-order valence-electron chi connectivity index (χ4n) is 3.48. The molecule has 0 radical (unpaired) electrons. The average Bonchev–Trinajstić information content (AvgIpc) is 2.77. The summed E-state index contributed by atoms with van der Waals surface area (Å²) in [5.74, 6) is -0.312. The van der Waals surface area contributed by atoms with Gasteiger partial charge in [-0.1, -0.05) is 84.6 Å². The van der Waals surface area contributed by atoms with Crippen LogP contribution in [0.2, 0.25) is 0 Å². The van der Waals surface area contributed by atoms with Crippen molar-refractivity contribution in [2.75, 3.05) is 19.7 Å². The highest BCUT2D eigenvalue weighted by Crippen LogP contribution is 2.14. The maximum Gasteiger partial charge on any atom is 0.338 e. The first-order chi connectivity index (χ1) is 14.6. The van der Waals surface area contributed by atoms with Crippen molar-refractivity contribution in [1.29, 1.82) is 0 Å². The van der Waals surface area contributed by atoms with E-state index in [2.05, 4.69) is 20.8 Å². The number of nitrogens with zero attached hydrogens (tertiary/aromatic N) is 1. The van der Waals surface area contributed by atoms with Gasteiger partial charge in [0.05, 0.1) is 12.2 Å². The topological polar surface area (TPSA) is 46.6 Å². The molecule has 0 saturated carbocycles. The van der Waals surface area contributed by atoms with Gasteiger partial charge in [-0.25, -0.2) is 4.79 Å². The van der Waals surface area contributed by atoms with Crippen LogP contribution in [0.1, 0.15) is 119 Å². The molecule has 4 heteroatoms. The SMILES string of the molecule is CCCCCCCN(CCCCCCC)C(=O)c1cccc(C(=O)OCCCC)c1. The number of benzene rings is 1. The Kier molecular flexibility index (Phi) is 14.8. The molecule has 0 saturated heterocycles. The summed E-state index contributed by atoms with van der Waals surface area (Å²) < 4.78 is 5.30. The zero-order valence-electron chi connectivity index (χ0n) is 19.6. The van der Waals surface area contributed by atoms with Crippen molar-refractivity contribution in [2.24, 2.45) is 0 Å². The van der Waals surface area contributed by atoms with Crippen LogP contribution in [-0.2, 0) is 4.74 Å². The van der Waals surface area contributed by atoms with E-state index >= 15 is 0 Å². The third kappa shape index (κ3) is 10.8. The van der Waals surface area contributed by atoms with Crippen molar-refractivity contribution in [2.45, 2.75) is 97.8 Å². The zero-order chi connectivity index (χ0) is 22.0. The van der Waals surface area contributed by atoms with Gasteiger partial charge < -0.3 is 9.64 Å². The lowest BCUT2D eigenvalue weighted by Crippen LogP contribution is -2.33. The maximum atomic E-state index is 13.2. The van der Waals surface area contributed by atoms with Gasteiger partial charge in [-0.05, 0) is 37.5 Å². The molecule has 1 aromatic rings. The summed E-state index contributed by atoms with van der Waals surface area (Å²) in [6, 6.07) is 7.01. The predicted octanol–water partition coefficient (Wildman–Crippen LogP) is 7.03. The first-order valence-corrected chi connectivity index (χ1v) is 12.2. The quantitative estimate of drug-likeness (QED) is 0.202. The van der Waals surface area contributed by atoms with Crippen LogP contribution in [0.5, 0.6) is 0 Å². The Morgan fingerprint density at radius 3 is 1.83 bits per heavy atom. The van der Waals surface area contributed by atoms with Crippen LogP contribution in [0.3, 0.4) is 0 Å². The molecule has 30 heavy (non-hydrogen) atoms. The average molecular weight is 418 g/mol. The van der Waals surface area contributed by atoms with Gasteiger partial charge in [-0.2, -0.15) is 0 Å². The molecule has 0 aliphatic heterocycles. The normalized spacial score (nSPS) is 10.8. The number of hydrogen-bond donors (Lipinski definition) is 0. The van der Waals surface area contributed by atoms with Crippen LogP contribution in [0.4, 0.5) is 0 Å². The van der Waals surface area contributed by atoms with Crippen LogP contribution < -0.4 is 0 Å². The van der Waals surface area contributed by atoms with Gasteiger partial charge in [0.15, 0.2) is 0 Å². The fourth-order valence-corrected chi connectivity index (χ4v) is 3.48. The molecular formula is C26H43NO3. The minimum atomic E-state index is -0.344. The minimum absolute atomic E-state index is 0.0317. The van der Waals surface area contributed by atoms with Crippen LogP contribution in [0, 0.1) is 0 Å². The van der Waals surface area contributed by atoms with Crippen molar-refractivity contribution in [1.82, 2.24) is 4.90 Å². The van der Waals surface area contributed by atoms with E-state index in [9.17, 15) is 9.59 Å². The van der Waals surface area contributed by atoms with Gasteiger partial charge in [0.25, 0.3) is 5.91 Å². The Labute approximate surface area is 184 Å². The molecule has 0 heterocycles. The largest absolute Gasteiger partial charge is 0.462 e. The van der Waals surface area contributed by atoms with Crippen molar-refractivity contribution in [3.05, 3.63) is 35.4 Å². The Morgan fingerprint density at radius 2 is 1.27 bits per heavy atom. The van der Waals surface area contributed by atoms with Gasteiger partial charge in [-0.15, -0.1) is 0 Å². The smallest absolute Gasteiger partial charge is 0.338 e. The highest BCUT2D eigenvalue weighted by Gasteiger charge is 2.17. The van der Waals surface area contributed by atoms with Gasteiger partial charge in [0.2, 0.25) is 0 Å². The van der Waals surface area contributed by atoms with E-state index in [4.69, 9.17) is 4.74 Å². The van der Waals surface area contributed by atoms with E-state index in [0.717, 1.165) is 51.6 Å². The summed E-state index contributed by atoms with van der Waals surface area (Å²) in [5.41, 5.74) is 1.05. The lowest BCUT2D eigenvalue weighted by Gasteiger charge is -2.23. The number of ether oxygens (including phenoxy) is 1. The predicted molar refractivity (Wildman–Crippen MR) is 125 cm³/mol. The Morgan fingerprint density at radius 1 is 0.733 bits per heavy atom. The molecule has 0 atom stereocenters. The molecule has 0 aliphatic carbocycles. The summed E-state index contributed by atoms with van der Waals surface area (Å²) in [6.07, 6.45) is 13.7. The highest BCUT2D eigenvalue weighted by atomic mass is 16.5. The number of esters is 1. The second kappa shape index (κ2) is 16.9. The van der Waals surface area contributed by atoms with E-state index in [1.807, 2.05) is 11.0 Å². The van der Waals surface area contributed by atoms with E-state index in [-0.39, 0.29) is 11.9 Å². The Hall–Kier alpha value is -1.84. The number of carbonyl (C=O) groups excluding carboxylic acids is 2. The summed E-state index contributed by atoms with van der Waals surface area (Å²) in [6.45, 7) is 8.50. The van der Waals surface area contributed by atoms with Crippen LogP contribution in [-0.4, -0.2) is 36.5 Å². The lowest BCUT2D eigenvalue weighted by molar-refractivity contribution is 0.0499. The number of rotatable bonds is 17. The molecule has 4 nitrogen and oxygen atoms in total. The molecule has 0 spiro atoms. The molecule has 1 rings (SSSR count). The van der Waals surface area contributed by atoms with Crippen molar-refractivity contribution in [3.63, 3.8) is 0 Å². The Bertz CT molecular complexity index is 586. The molecule has 0 aromatic heterocycles. The van der Waals surface area contributed by atoms with E-state index in [1.165, 1.54) is 38.5 Å². The van der Waals surface area contributed by atoms with Gasteiger partial charge in [0.1, 0.15) is 0 Å². The third-order valence-corrected chi connectivity index (χ3v) is 5.43. The first kappa shape index (κ1) is 26.2. The second-order valence-electron chi connectivity index (χ2n) is 8.19. The zero-order valence-corrected chi connectivity index (χ0v) is 19.6. The molecule has 170 valence electrons. The number of hydrogen-bond acceptors (Lipinski definition) is 3. The molecule has 0 bridgehead atoms. The number of unbranched alkanes of at least 4 members (excludes halogenated alkanes) is 9. The number of carbonyl (C=O) groups is 2. The molecule has 1 aromatic carbocycles. The van der Waals surface area contributed by atoms with Gasteiger partial charge in [0, 0.05) is 18.7 Å². The Balaban J connectivity index is 2.72. The number of amides is 1. The fraction of sp³-hybridized carbons (Fsp3) is 0.692. The summed E-state index contributed by atoms with van der Waals surface area (Å²) in [5, 5.41) is 0. The highest BCUT2D eigenvalue weighted by molar-refractivity contribution is 5.97. The molecule has 1 amide bonds. The van der Waals surface area contributed by atoms with Crippen molar-refractivity contribution < 1.29 is 14.3 Å². The standard InChI is InChI=1S/C26H43NO3/c1-4-7-10-12-14-19-27(20-15-13-11-8-5-2)25(28)23-17-16-18-24(22-23)26(29)30-21-9-6-3/h16-18,22H,4-15,19-21H2,1-3H3. The monoisotopic (exact) mass is 417 g/mol. The molecule has 0 N–H and O–H groups in total. The minimum Gasteiger partial charge on any atom is -0.462 e. The van der Waals surface area contributed by atoms with E-state index < -0.39 is 0 Å². The molecule has 0 unspecified atom stereocenters. The maximum absolute atomic E-state index is 13.2. The van der Waals surface area contributed by atoms with Crippen LogP contribution >= 0.6 is 0 Å².